The minimum absolute atomic E-state index is 0.118. The van der Waals surface area contributed by atoms with E-state index in [-0.39, 0.29) is 45.1 Å². The summed E-state index contributed by atoms with van der Waals surface area (Å²) in [4.78, 5) is 27.9. The standard InChI is InChI=1S/C17H17Br2NO4/c1-23-7-3-4-11(24-2)10(5-7)20-16(21)12-8-6-9(13(12)17(20)22)15(19)14(8)18/h3-5,8-9,12-15H,6H2,1-2H3/t8-,9-,12-,13-,14+,15+/m1/s1. The fourth-order valence-corrected chi connectivity index (χ4v) is 6.43. The molecule has 1 aliphatic heterocycles. The number of imide groups is 1. The van der Waals surface area contributed by atoms with Crippen molar-refractivity contribution in [1.82, 2.24) is 0 Å². The van der Waals surface area contributed by atoms with Gasteiger partial charge in [0.25, 0.3) is 0 Å². The van der Waals surface area contributed by atoms with Crippen LogP contribution in [-0.4, -0.2) is 35.7 Å². The topological polar surface area (TPSA) is 55.8 Å². The molecule has 0 aromatic heterocycles. The molecule has 3 fully saturated rings. The van der Waals surface area contributed by atoms with Crippen LogP contribution in [0.15, 0.2) is 18.2 Å². The van der Waals surface area contributed by atoms with Crippen LogP contribution in [0.5, 0.6) is 11.5 Å². The number of ether oxygens (including phenoxy) is 2. The molecule has 2 amide bonds. The minimum atomic E-state index is -0.239. The van der Waals surface area contributed by atoms with Crippen molar-refractivity contribution < 1.29 is 19.1 Å². The van der Waals surface area contributed by atoms with Crippen molar-refractivity contribution in [3.8, 4) is 11.5 Å². The lowest BCUT2D eigenvalue weighted by molar-refractivity contribution is -0.123. The predicted octanol–water partition coefficient (Wildman–Crippen LogP) is 2.99. The Morgan fingerprint density at radius 2 is 1.58 bits per heavy atom. The third-order valence-electron chi connectivity index (χ3n) is 5.61. The Balaban J connectivity index is 1.77. The lowest BCUT2D eigenvalue weighted by atomic mass is 9.81. The maximum atomic E-state index is 13.1. The molecule has 1 aromatic carbocycles. The number of carbonyl (C=O) groups excluding carboxylic acids is 2. The third-order valence-corrected chi connectivity index (χ3v) is 8.82. The Labute approximate surface area is 156 Å². The summed E-state index contributed by atoms with van der Waals surface area (Å²) in [5, 5.41) is 0. The quantitative estimate of drug-likeness (QED) is 0.516. The molecule has 1 saturated heterocycles. The summed E-state index contributed by atoms with van der Waals surface area (Å²) in [6.07, 6.45) is 0.918. The highest BCUT2D eigenvalue weighted by molar-refractivity contribution is 9.12. The summed E-state index contributed by atoms with van der Waals surface area (Å²) in [7, 11) is 3.09. The van der Waals surface area contributed by atoms with E-state index < -0.39 is 0 Å². The number of hydrogen-bond donors (Lipinski definition) is 0. The largest absolute Gasteiger partial charge is 0.497 e. The average molecular weight is 459 g/mol. The molecule has 128 valence electrons. The number of methoxy groups -OCH3 is 2. The molecule has 5 nitrogen and oxygen atoms in total. The number of carbonyl (C=O) groups is 2. The number of benzene rings is 1. The van der Waals surface area contributed by atoms with Gasteiger partial charge < -0.3 is 9.47 Å². The second-order valence-electron chi connectivity index (χ2n) is 6.55. The number of hydrogen-bond acceptors (Lipinski definition) is 4. The zero-order valence-electron chi connectivity index (χ0n) is 13.2. The summed E-state index contributed by atoms with van der Waals surface area (Å²) in [6, 6.07) is 5.16. The average Bonchev–Trinajstić information content (AvgIpc) is 3.19. The molecule has 1 aromatic rings. The van der Waals surface area contributed by atoms with Gasteiger partial charge in [0.05, 0.1) is 31.7 Å². The van der Waals surface area contributed by atoms with Crippen molar-refractivity contribution in [3.63, 3.8) is 0 Å². The van der Waals surface area contributed by atoms with Crippen LogP contribution in [0, 0.1) is 23.7 Å². The van der Waals surface area contributed by atoms with Gasteiger partial charge in [-0.25, -0.2) is 4.90 Å². The Morgan fingerprint density at radius 1 is 1.00 bits per heavy atom. The molecule has 4 rings (SSSR count). The highest BCUT2D eigenvalue weighted by Crippen LogP contribution is 2.61. The van der Waals surface area contributed by atoms with E-state index >= 15 is 0 Å². The van der Waals surface area contributed by atoms with Crippen molar-refractivity contribution in [2.45, 2.75) is 16.1 Å². The fourth-order valence-electron chi connectivity index (χ4n) is 4.56. The zero-order chi connectivity index (χ0) is 17.2. The maximum Gasteiger partial charge on any atom is 0.238 e. The van der Waals surface area contributed by atoms with Gasteiger partial charge in [0, 0.05) is 15.7 Å². The lowest BCUT2D eigenvalue weighted by Crippen LogP contribution is -2.37. The first-order valence-corrected chi connectivity index (χ1v) is 9.70. The first kappa shape index (κ1) is 16.4. The monoisotopic (exact) mass is 457 g/mol. The van der Waals surface area contributed by atoms with Crippen molar-refractivity contribution >= 4 is 49.4 Å². The summed E-state index contributed by atoms with van der Waals surface area (Å²) in [5.41, 5.74) is 0.470. The van der Waals surface area contributed by atoms with Gasteiger partial charge in [-0.15, -0.1) is 0 Å². The van der Waals surface area contributed by atoms with Crippen LogP contribution >= 0.6 is 31.9 Å². The Hall–Kier alpha value is -1.08. The van der Waals surface area contributed by atoms with Gasteiger partial charge in [0.2, 0.25) is 11.8 Å². The highest BCUT2D eigenvalue weighted by atomic mass is 79.9. The van der Waals surface area contributed by atoms with E-state index in [1.165, 1.54) is 12.0 Å². The van der Waals surface area contributed by atoms with E-state index in [4.69, 9.17) is 9.47 Å². The number of rotatable bonds is 3. The number of fused-ring (bicyclic) bond motifs is 5. The van der Waals surface area contributed by atoms with Gasteiger partial charge in [-0.2, -0.15) is 0 Å². The number of halogens is 2. The number of amides is 2. The molecule has 2 saturated carbocycles. The van der Waals surface area contributed by atoms with E-state index in [0.29, 0.717) is 17.2 Å². The molecule has 0 unspecified atom stereocenters. The molecule has 3 aliphatic rings. The summed E-state index contributed by atoms with van der Waals surface area (Å²) in [6.45, 7) is 0. The van der Waals surface area contributed by atoms with Gasteiger partial charge in [0.15, 0.2) is 0 Å². The summed E-state index contributed by atoms with van der Waals surface area (Å²) in [5.74, 6) is 0.762. The molecule has 2 bridgehead atoms. The van der Waals surface area contributed by atoms with Crippen LogP contribution in [-0.2, 0) is 9.59 Å². The zero-order valence-corrected chi connectivity index (χ0v) is 16.4. The molecule has 24 heavy (non-hydrogen) atoms. The third kappa shape index (κ3) is 2.03. The molecule has 6 atom stereocenters. The van der Waals surface area contributed by atoms with E-state index in [0.717, 1.165) is 6.42 Å². The molecular weight excluding hydrogens is 442 g/mol. The van der Waals surface area contributed by atoms with E-state index in [2.05, 4.69) is 31.9 Å². The molecule has 7 heteroatoms. The van der Waals surface area contributed by atoms with Gasteiger partial charge >= 0.3 is 0 Å². The Kier molecular flexibility index (Phi) is 3.91. The number of anilines is 1. The van der Waals surface area contributed by atoms with E-state index in [1.807, 2.05) is 0 Å². The Morgan fingerprint density at radius 3 is 2.08 bits per heavy atom. The van der Waals surface area contributed by atoms with E-state index in [1.54, 1.807) is 25.3 Å². The molecule has 2 aliphatic carbocycles. The minimum Gasteiger partial charge on any atom is -0.497 e. The van der Waals surface area contributed by atoms with Gasteiger partial charge in [-0.1, -0.05) is 31.9 Å². The highest BCUT2D eigenvalue weighted by Gasteiger charge is 2.66. The first-order chi connectivity index (χ1) is 11.5. The van der Waals surface area contributed by atoms with Crippen molar-refractivity contribution in [1.29, 1.82) is 0 Å². The predicted molar refractivity (Wildman–Crippen MR) is 96.0 cm³/mol. The van der Waals surface area contributed by atoms with Gasteiger partial charge in [0.1, 0.15) is 11.5 Å². The fraction of sp³-hybridized carbons (Fsp3) is 0.529. The van der Waals surface area contributed by atoms with Crippen LogP contribution in [0.3, 0.4) is 0 Å². The first-order valence-electron chi connectivity index (χ1n) is 7.87. The lowest BCUT2D eigenvalue weighted by Gasteiger charge is -2.28. The molecule has 1 heterocycles. The SMILES string of the molecule is COc1ccc(OC)c(N2C(=O)[C@@H]3[C@H]4C[C@@H]([C@H](Br)[C@H]4Br)[C@H]3C2=O)c1. The van der Waals surface area contributed by atoms with Crippen molar-refractivity contribution in [2.24, 2.45) is 23.7 Å². The van der Waals surface area contributed by atoms with Gasteiger partial charge in [-0.05, 0) is 30.4 Å². The molecular formula is C17H17Br2NO4. The van der Waals surface area contributed by atoms with Crippen molar-refractivity contribution in [3.05, 3.63) is 18.2 Å². The smallest absolute Gasteiger partial charge is 0.238 e. The van der Waals surface area contributed by atoms with Crippen LogP contribution in [0.25, 0.3) is 0 Å². The summed E-state index contributed by atoms with van der Waals surface area (Å²) >= 11 is 7.40. The second-order valence-corrected chi connectivity index (χ2v) is 8.67. The van der Waals surface area contributed by atoms with Crippen LogP contribution in [0.1, 0.15) is 6.42 Å². The molecule has 0 radical (unpaired) electrons. The van der Waals surface area contributed by atoms with Crippen LogP contribution in [0.4, 0.5) is 5.69 Å². The van der Waals surface area contributed by atoms with Crippen LogP contribution in [0.2, 0.25) is 0 Å². The number of alkyl halides is 2. The second kappa shape index (κ2) is 5.73. The van der Waals surface area contributed by atoms with E-state index in [9.17, 15) is 9.59 Å². The van der Waals surface area contributed by atoms with Crippen LogP contribution < -0.4 is 14.4 Å². The van der Waals surface area contributed by atoms with Gasteiger partial charge in [-0.3, -0.25) is 9.59 Å². The number of nitrogens with zero attached hydrogens (tertiary/aromatic N) is 1. The maximum absolute atomic E-state index is 13.1. The molecule has 0 N–H and O–H groups in total. The normalized spacial score (nSPS) is 37.1. The summed E-state index contributed by atoms with van der Waals surface area (Å²) < 4.78 is 10.6. The Bertz CT molecular complexity index is 693. The van der Waals surface area contributed by atoms with Crippen molar-refractivity contribution in [2.75, 3.05) is 19.1 Å². The molecule has 0 spiro atoms.